The smallest absolute Gasteiger partial charge is 0.306 e. The van der Waals surface area contributed by atoms with Gasteiger partial charge in [-0.3, -0.25) is 4.79 Å². The molecule has 0 bridgehead atoms. The predicted molar refractivity (Wildman–Crippen MR) is 93.2 cm³/mol. The highest BCUT2D eigenvalue weighted by Gasteiger charge is 2.13. The lowest BCUT2D eigenvalue weighted by Gasteiger charge is -2.06. The maximum absolute atomic E-state index is 11.8. The first-order valence-corrected chi connectivity index (χ1v) is 8.41. The number of benzene rings is 2. The lowest BCUT2D eigenvalue weighted by molar-refractivity contribution is -0.143. The van der Waals surface area contributed by atoms with Gasteiger partial charge in [0.05, 0.1) is 13.7 Å². The van der Waals surface area contributed by atoms with Gasteiger partial charge >= 0.3 is 5.97 Å². The molecule has 0 saturated heterocycles. The third kappa shape index (κ3) is 4.89. The van der Waals surface area contributed by atoms with Gasteiger partial charge in [-0.25, -0.2) is 0 Å². The van der Waals surface area contributed by atoms with E-state index >= 15 is 0 Å². The Bertz CT molecular complexity index is 709. The molecule has 1 heterocycles. The number of carbonyl (C=O) groups excluding carboxylic acids is 1. The Morgan fingerprint density at radius 3 is 2.56 bits per heavy atom. The van der Waals surface area contributed by atoms with Gasteiger partial charge in [0.25, 0.3) is 0 Å². The van der Waals surface area contributed by atoms with Crippen molar-refractivity contribution in [2.75, 3.05) is 20.5 Å². The summed E-state index contributed by atoms with van der Waals surface area (Å²) in [4.78, 5) is 11.8. The SMILES string of the molecule is COc1ccc(CCC(=O)OCCCc2ccc3c(c2)OCO3)cc1. The Labute approximate surface area is 147 Å². The quantitative estimate of drug-likeness (QED) is 0.543. The maximum atomic E-state index is 11.8. The van der Waals surface area contributed by atoms with Gasteiger partial charge in [-0.1, -0.05) is 18.2 Å². The summed E-state index contributed by atoms with van der Waals surface area (Å²) in [5, 5.41) is 0. The molecule has 2 aromatic carbocycles. The predicted octanol–water partition coefficient (Wildman–Crippen LogP) is 3.53. The van der Waals surface area contributed by atoms with Crippen LogP contribution in [-0.4, -0.2) is 26.5 Å². The number of carbonyl (C=O) groups is 1. The minimum Gasteiger partial charge on any atom is -0.497 e. The molecule has 3 rings (SSSR count). The highest BCUT2D eigenvalue weighted by molar-refractivity contribution is 5.69. The molecule has 0 radical (unpaired) electrons. The second kappa shape index (κ2) is 8.42. The number of aryl methyl sites for hydroxylation is 2. The van der Waals surface area contributed by atoms with Crippen molar-refractivity contribution in [2.24, 2.45) is 0 Å². The molecule has 0 atom stereocenters. The largest absolute Gasteiger partial charge is 0.497 e. The molecule has 0 aliphatic carbocycles. The fourth-order valence-corrected chi connectivity index (χ4v) is 2.67. The molecule has 5 nitrogen and oxygen atoms in total. The molecule has 0 fully saturated rings. The summed E-state index contributed by atoms with van der Waals surface area (Å²) in [6, 6.07) is 13.6. The van der Waals surface area contributed by atoms with Crippen LogP contribution in [0.2, 0.25) is 0 Å². The fourth-order valence-electron chi connectivity index (χ4n) is 2.67. The Balaban J connectivity index is 1.33. The maximum Gasteiger partial charge on any atom is 0.306 e. The summed E-state index contributed by atoms with van der Waals surface area (Å²) in [5.74, 6) is 2.22. The lowest BCUT2D eigenvalue weighted by atomic mass is 10.1. The van der Waals surface area contributed by atoms with Crippen LogP contribution in [0.3, 0.4) is 0 Å². The van der Waals surface area contributed by atoms with Gasteiger partial charge in [-0.2, -0.15) is 0 Å². The fraction of sp³-hybridized carbons (Fsp3) is 0.350. The standard InChI is InChI=1S/C20H22O5/c1-22-17-8-4-15(5-9-17)7-11-20(21)23-12-2-3-16-6-10-18-19(13-16)25-14-24-18/h4-6,8-10,13H,2-3,7,11-12,14H2,1H3. The van der Waals surface area contributed by atoms with Gasteiger partial charge in [0.2, 0.25) is 6.79 Å². The third-order valence-corrected chi connectivity index (χ3v) is 4.09. The van der Waals surface area contributed by atoms with Crippen LogP contribution in [0.25, 0.3) is 0 Å². The second-order valence-electron chi connectivity index (χ2n) is 5.86. The van der Waals surface area contributed by atoms with Gasteiger partial charge in [0, 0.05) is 6.42 Å². The van der Waals surface area contributed by atoms with Crippen molar-refractivity contribution in [1.82, 2.24) is 0 Å². The van der Waals surface area contributed by atoms with Crippen molar-refractivity contribution >= 4 is 5.97 Å². The summed E-state index contributed by atoms with van der Waals surface area (Å²) < 4.78 is 21.1. The molecule has 0 amide bonds. The summed E-state index contributed by atoms with van der Waals surface area (Å²) >= 11 is 0. The van der Waals surface area contributed by atoms with Crippen LogP contribution in [-0.2, 0) is 22.4 Å². The van der Waals surface area contributed by atoms with E-state index < -0.39 is 0 Å². The molecular formula is C20H22O5. The normalized spacial score (nSPS) is 12.0. The Hall–Kier alpha value is -2.69. The van der Waals surface area contributed by atoms with Crippen LogP contribution in [0.15, 0.2) is 42.5 Å². The monoisotopic (exact) mass is 342 g/mol. The lowest BCUT2D eigenvalue weighted by Crippen LogP contribution is -2.07. The molecule has 0 saturated carbocycles. The Morgan fingerprint density at radius 1 is 1.00 bits per heavy atom. The molecule has 132 valence electrons. The zero-order valence-corrected chi connectivity index (χ0v) is 14.3. The number of fused-ring (bicyclic) bond motifs is 1. The van der Waals surface area contributed by atoms with E-state index in [-0.39, 0.29) is 12.8 Å². The minimum atomic E-state index is -0.165. The van der Waals surface area contributed by atoms with Gasteiger partial charge in [0.15, 0.2) is 11.5 Å². The van der Waals surface area contributed by atoms with E-state index in [1.54, 1.807) is 7.11 Å². The first-order valence-electron chi connectivity index (χ1n) is 8.41. The van der Waals surface area contributed by atoms with E-state index in [2.05, 4.69) is 0 Å². The zero-order valence-electron chi connectivity index (χ0n) is 14.3. The number of hydrogen-bond acceptors (Lipinski definition) is 5. The van der Waals surface area contributed by atoms with E-state index in [4.69, 9.17) is 18.9 Å². The van der Waals surface area contributed by atoms with Crippen LogP contribution >= 0.6 is 0 Å². The summed E-state index contributed by atoms with van der Waals surface area (Å²) in [5.41, 5.74) is 2.25. The number of hydrogen-bond donors (Lipinski definition) is 0. The van der Waals surface area contributed by atoms with E-state index in [0.29, 0.717) is 19.4 Å². The number of rotatable bonds is 8. The van der Waals surface area contributed by atoms with E-state index in [9.17, 15) is 4.79 Å². The van der Waals surface area contributed by atoms with E-state index in [1.165, 1.54) is 0 Å². The average molecular weight is 342 g/mol. The van der Waals surface area contributed by atoms with Gasteiger partial charge in [0.1, 0.15) is 5.75 Å². The number of esters is 1. The molecule has 5 heteroatoms. The Morgan fingerprint density at radius 2 is 1.76 bits per heavy atom. The van der Waals surface area contributed by atoms with Gasteiger partial charge < -0.3 is 18.9 Å². The molecule has 25 heavy (non-hydrogen) atoms. The van der Waals surface area contributed by atoms with Crippen LogP contribution in [0.1, 0.15) is 24.0 Å². The van der Waals surface area contributed by atoms with Crippen molar-refractivity contribution in [3.63, 3.8) is 0 Å². The average Bonchev–Trinajstić information content (AvgIpc) is 3.12. The summed E-state index contributed by atoms with van der Waals surface area (Å²) in [6.45, 7) is 0.709. The third-order valence-electron chi connectivity index (χ3n) is 4.09. The van der Waals surface area contributed by atoms with Crippen LogP contribution in [0.4, 0.5) is 0 Å². The van der Waals surface area contributed by atoms with Crippen LogP contribution in [0, 0.1) is 0 Å². The van der Waals surface area contributed by atoms with Gasteiger partial charge in [-0.15, -0.1) is 0 Å². The Kier molecular flexibility index (Phi) is 5.77. The summed E-state index contributed by atoms with van der Waals surface area (Å²) in [7, 11) is 1.63. The van der Waals surface area contributed by atoms with Crippen molar-refractivity contribution in [1.29, 1.82) is 0 Å². The first-order chi connectivity index (χ1) is 12.2. The molecule has 0 spiro atoms. The molecule has 2 aromatic rings. The topological polar surface area (TPSA) is 54.0 Å². The molecular weight excluding hydrogens is 320 g/mol. The number of methoxy groups -OCH3 is 1. The zero-order chi connectivity index (χ0) is 17.5. The molecule has 0 unspecified atom stereocenters. The minimum absolute atomic E-state index is 0.165. The van der Waals surface area contributed by atoms with E-state index in [1.807, 2.05) is 42.5 Å². The highest BCUT2D eigenvalue weighted by Crippen LogP contribution is 2.32. The highest BCUT2D eigenvalue weighted by atomic mass is 16.7. The molecule has 1 aliphatic rings. The van der Waals surface area contributed by atoms with Crippen LogP contribution in [0.5, 0.6) is 17.2 Å². The molecule has 0 aromatic heterocycles. The molecule has 0 N–H and O–H groups in total. The van der Waals surface area contributed by atoms with Crippen molar-refractivity contribution < 1.29 is 23.7 Å². The second-order valence-corrected chi connectivity index (χ2v) is 5.86. The van der Waals surface area contributed by atoms with E-state index in [0.717, 1.165) is 41.2 Å². The van der Waals surface area contributed by atoms with Crippen molar-refractivity contribution in [3.05, 3.63) is 53.6 Å². The van der Waals surface area contributed by atoms with Crippen molar-refractivity contribution in [3.8, 4) is 17.2 Å². The van der Waals surface area contributed by atoms with Gasteiger partial charge in [-0.05, 0) is 54.7 Å². The molecule has 1 aliphatic heterocycles. The first kappa shape index (κ1) is 17.1. The summed E-state index contributed by atoms with van der Waals surface area (Å²) in [6.07, 6.45) is 2.68. The number of ether oxygens (including phenoxy) is 4. The van der Waals surface area contributed by atoms with Crippen LogP contribution < -0.4 is 14.2 Å². The van der Waals surface area contributed by atoms with Crippen molar-refractivity contribution in [2.45, 2.75) is 25.7 Å².